The van der Waals surface area contributed by atoms with Gasteiger partial charge in [-0.2, -0.15) is 6.92 Å². The van der Waals surface area contributed by atoms with Gasteiger partial charge in [-0.1, -0.05) is 41.5 Å². The summed E-state index contributed by atoms with van der Waals surface area (Å²) in [5.41, 5.74) is 0. The van der Waals surface area contributed by atoms with E-state index < -0.39 is 0 Å². The second-order valence-corrected chi connectivity index (χ2v) is 4.93. The molecule has 0 aromatic heterocycles. The topological polar surface area (TPSA) is 77.8 Å². The maximum atomic E-state index is 8.68. The Labute approximate surface area is 134 Å². The molecule has 0 radical (unpaired) electrons. The third-order valence-corrected chi connectivity index (χ3v) is 1.10. The fourth-order valence-electron chi connectivity index (χ4n) is 0. The first-order chi connectivity index (χ1) is 8.22. The largest absolute Gasteiger partial charge is 0.542 e. The first-order valence-electron chi connectivity index (χ1n) is 6.34. The number of hydrogen-bond acceptors (Lipinski definition) is 4. The fraction of sp³-hybridized carbons (Fsp3) is 0.929. The number of hydrogen-bond donors (Lipinski definition) is 3. The Bertz CT molecular complexity index is 110. The standard InChI is InChI=1S/3C4H10O.C2H3O.Ti/c3*1-4(2)3-5;1-2-3;/h3*4-5H,3H2,1-2H3;1H3;/q;;;-1;. The van der Waals surface area contributed by atoms with Crippen LogP contribution in [0.4, 0.5) is 0 Å². The average molecular weight is 313 g/mol. The summed E-state index contributed by atoms with van der Waals surface area (Å²) in [5.74, 6) is 1.32. The molecule has 0 aromatic rings. The summed E-state index contributed by atoms with van der Waals surface area (Å²) in [5, 5.41) is 24.4. The van der Waals surface area contributed by atoms with Crippen LogP contribution in [-0.2, 0) is 26.5 Å². The van der Waals surface area contributed by atoms with Crippen LogP contribution in [0.3, 0.4) is 0 Å². The molecule has 5 heteroatoms. The zero-order valence-corrected chi connectivity index (χ0v) is 15.2. The van der Waals surface area contributed by atoms with E-state index in [1.54, 1.807) is 0 Å². The van der Waals surface area contributed by atoms with E-state index in [1.807, 2.05) is 41.5 Å². The van der Waals surface area contributed by atoms with Crippen molar-refractivity contribution < 1.29 is 41.8 Å². The first-order valence-corrected chi connectivity index (χ1v) is 6.34. The van der Waals surface area contributed by atoms with Crippen molar-refractivity contribution in [3.63, 3.8) is 0 Å². The monoisotopic (exact) mass is 313 g/mol. The summed E-state index contributed by atoms with van der Waals surface area (Å²) in [4.78, 5) is 8.68. The second-order valence-electron chi connectivity index (χ2n) is 4.93. The average Bonchev–Trinajstić information content (AvgIpc) is 2.31. The molecule has 0 saturated carbocycles. The van der Waals surface area contributed by atoms with Crippen LogP contribution < -0.4 is 0 Å². The van der Waals surface area contributed by atoms with Gasteiger partial charge in [0, 0.05) is 41.5 Å². The van der Waals surface area contributed by atoms with Crippen LogP contribution in [0, 0.1) is 17.8 Å². The minimum atomic E-state index is 0. The molecular formula is C14H33O4Ti-. The van der Waals surface area contributed by atoms with Crippen LogP contribution in [0.2, 0.25) is 0 Å². The summed E-state index contributed by atoms with van der Waals surface area (Å²) in [6.45, 7) is 14.1. The molecule has 0 spiro atoms. The molecule has 0 aliphatic carbocycles. The van der Waals surface area contributed by atoms with E-state index in [2.05, 4.69) is 0 Å². The summed E-state index contributed by atoms with van der Waals surface area (Å²) in [7, 11) is 0. The molecule has 0 saturated heterocycles. The molecule has 0 atom stereocenters. The first kappa shape index (κ1) is 31.6. The number of carbonyl (C=O) groups excluding carboxylic acids is 1. The third-order valence-electron chi connectivity index (χ3n) is 1.10. The Kier molecular flexibility index (Phi) is 51.4. The van der Waals surface area contributed by atoms with Gasteiger partial charge in [0.15, 0.2) is 0 Å². The Hall–Kier alpha value is 0.264. The summed E-state index contributed by atoms with van der Waals surface area (Å²) < 4.78 is 0. The molecule has 0 fully saturated rings. The molecule has 0 heterocycles. The van der Waals surface area contributed by atoms with E-state index in [4.69, 9.17) is 20.1 Å². The smallest absolute Gasteiger partial charge is 0.0453 e. The van der Waals surface area contributed by atoms with Crippen molar-refractivity contribution in [3.8, 4) is 0 Å². The molecule has 0 aromatic carbocycles. The molecule has 3 N–H and O–H groups in total. The predicted octanol–water partition coefficient (Wildman–Crippen LogP) is 2.02. The number of aliphatic hydroxyl groups is 3. The number of rotatable bonds is 3. The molecule has 0 aliphatic heterocycles. The van der Waals surface area contributed by atoms with E-state index in [-0.39, 0.29) is 21.7 Å². The SMILES string of the molecule is CC(C)CO.CC(C)CO.CC(C)CO.C[C-]=O.[Ti]. The van der Waals surface area contributed by atoms with Crippen LogP contribution >= 0.6 is 0 Å². The second kappa shape index (κ2) is 30.9. The van der Waals surface area contributed by atoms with Crippen LogP contribution in [-0.4, -0.2) is 41.4 Å². The van der Waals surface area contributed by atoms with Crippen LogP contribution in [0.5, 0.6) is 0 Å². The van der Waals surface area contributed by atoms with Crippen molar-refractivity contribution in [2.45, 2.75) is 48.5 Å². The van der Waals surface area contributed by atoms with E-state index in [9.17, 15) is 0 Å². The summed E-state index contributed by atoms with van der Waals surface area (Å²) in [6, 6.07) is 0. The molecule has 0 bridgehead atoms. The van der Waals surface area contributed by atoms with Gasteiger partial charge < -0.3 is 20.1 Å². The van der Waals surface area contributed by atoms with Gasteiger partial charge >= 0.3 is 0 Å². The number of aliphatic hydroxyl groups excluding tert-OH is 3. The van der Waals surface area contributed by atoms with Crippen molar-refractivity contribution in [2.75, 3.05) is 19.8 Å². The minimum Gasteiger partial charge on any atom is -0.542 e. The summed E-state index contributed by atoms with van der Waals surface area (Å²) >= 11 is 0. The maximum absolute atomic E-state index is 8.68. The fourth-order valence-corrected chi connectivity index (χ4v) is 0. The molecule has 19 heavy (non-hydrogen) atoms. The van der Waals surface area contributed by atoms with Crippen molar-refractivity contribution >= 4 is 6.29 Å². The van der Waals surface area contributed by atoms with Gasteiger partial charge in [0.25, 0.3) is 0 Å². The third kappa shape index (κ3) is 123. The quantitative estimate of drug-likeness (QED) is 0.550. The zero-order chi connectivity index (χ0) is 15.6. The molecule has 0 aliphatic rings. The van der Waals surface area contributed by atoms with E-state index in [1.165, 1.54) is 13.2 Å². The van der Waals surface area contributed by atoms with Crippen LogP contribution in [0.1, 0.15) is 48.5 Å². The van der Waals surface area contributed by atoms with Gasteiger partial charge in [0.1, 0.15) is 0 Å². The van der Waals surface area contributed by atoms with Crippen LogP contribution in [0.25, 0.3) is 0 Å². The molecular weight excluding hydrogens is 280 g/mol. The Morgan fingerprint density at radius 3 is 0.789 bits per heavy atom. The van der Waals surface area contributed by atoms with E-state index >= 15 is 0 Å². The molecule has 0 amide bonds. The molecule has 4 nitrogen and oxygen atoms in total. The summed E-state index contributed by atoms with van der Waals surface area (Å²) in [6.07, 6.45) is 1.50. The van der Waals surface area contributed by atoms with E-state index in [0.29, 0.717) is 37.6 Å². The Balaban J connectivity index is -0.0000000458. The molecule has 0 unspecified atom stereocenters. The zero-order valence-electron chi connectivity index (χ0n) is 13.6. The van der Waals surface area contributed by atoms with Gasteiger partial charge in [0.2, 0.25) is 0 Å². The minimum absolute atomic E-state index is 0. The van der Waals surface area contributed by atoms with Crippen molar-refractivity contribution in [1.82, 2.24) is 0 Å². The van der Waals surface area contributed by atoms with Crippen molar-refractivity contribution in [2.24, 2.45) is 17.8 Å². The van der Waals surface area contributed by atoms with Crippen LogP contribution in [0.15, 0.2) is 0 Å². The maximum Gasteiger partial charge on any atom is 0.0453 e. The van der Waals surface area contributed by atoms with Gasteiger partial charge in [-0.25, -0.2) is 0 Å². The Morgan fingerprint density at radius 2 is 0.789 bits per heavy atom. The molecule has 0 rings (SSSR count). The van der Waals surface area contributed by atoms with Gasteiger partial charge in [-0.3, -0.25) is 6.29 Å². The molecule has 118 valence electrons. The predicted molar refractivity (Wildman–Crippen MR) is 77.1 cm³/mol. The van der Waals surface area contributed by atoms with Gasteiger partial charge in [-0.15, -0.1) is 0 Å². The van der Waals surface area contributed by atoms with Crippen molar-refractivity contribution in [1.29, 1.82) is 0 Å². The van der Waals surface area contributed by atoms with Gasteiger partial charge in [-0.05, 0) is 17.8 Å². The van der Waals surface area contributed by atoms with Crippen molar-refractivity contribution in [3.05, 3.63) is 0 Å². The van der Waals surface area contributed by atoms with Gasteiger partial charge in [0.05, 0.1) is 0 Å². The normalized spacial score (nSPS) is 8.26. The van der Waals surface area contributed by atoms with E-state index in [0.717, 1.165) is 0 Å². The Morgan fingerprint density at radius 1 is 0.737 bits per heavy atom.